The maximum Gasteiger partial charge on any atom is 0.103 e. The summed E-state index contributed by atoms with van der Waals surface area (Å²) in [7, 11) is 1.93. The Morgan fingerprint density at radius 1 is 1.50 bits per heavy atom. The zero-order valence-corrected chi connectivity index (χ0v) is 11.7. The lowest BCUT2D eigenvalue weighted by molar-refractivity contribution is 0.888. The molecule has 3 nitrogen and oxygen atoms in total. The van der Waals surface area contributed by atoms with E-state index >= 15 is 0 Å². The average Bonchev–Trinajstić information content (AvgIpc) is 2.74. The maximum atomic E-state index is 9.14. The van der Waals surface area contributed by atoms with Crippen molar-refractivity contribution in [3.8, 4) is 6.07 Å². The lowest BCUT2D eigenvalue weighted by Gasteiger charge is -2.19. The van der Waals surface area contributed by atoms with E-state index < -0.39 is 0 Å². The van der Waals surface area contributed by atoms with Crippen LogP contribution in [0.15, 0.2) is 23.6 Å². The normalized spacial score (nSPS) is 10.1. The van der Waals surface area contributed by atoms with Crippen LogP contribution >= 0.6 is 22.9 Å². The van der Waals surface area contributed by atoms with Crippen molar-refractivity contribution < 1.29 is 0 Å². The van der Waals surface area contributed by atoms with Crippen LogP contribution in [0.5, 0.6) is 0 Å². The molecule has 1 aromatic carbocycles. The van der Waals surface area contributed by atoms with Gasteiger partial charge in [0, 0.05) is 12.4 Å². The molecular weight excluding hydrogens is 266 g/mol. The number of anilines is 1. The van der Waals surface area contributed by atoms with Gasteiger partial charge in [0.1, 0.15) is 6.07 Å². The van der Waals surface area contributed by atoms with Crippen molar-refractivity contribution >= 4 is 28.6 Å². The standard InChI is InChI=1S/C13H12ClN3S/c1-9-16-10(8-18-9)7-17(2)13-5-3-4-12(14)11(13)6-15/h3-5,8H,7H2,1-2H3. The molecule has 5 heteroatoms. The number of nitriles is 1. The van der Waals surface area contributed by atoms with E-state index in [4.69, 9.17) is 16.9 Å². The Hall–Kier alpha value is -1.57. The van der Waals surface area contributed by atoms with E-state index in [1.165, 1.54) is 0 Å². The third kappa shape index (κ3) is 2.63. The van der Waals surface area contributed by atoms with Gasteiger partial charge < -0.3 is 4.90 Å². The largest absolute Gasteiger partial charge is 0.368 e. The van der Waals surface area contributed by atoms with E-state index in [9.17, 15) is 0 Å². The molecule has 2 aromatic rings. The molecule has 0 N–H and O–H groups in total. The number of aryl methyl sites for hydroxylation is 1. The van der Waals surface area contributed by atoms with Gasteiger partial charge in [-0.1, -0.05) is 17.7 Å². The van der Waals surface area contributed by atoms with Crippen LogP contribution in [-0.4, -0.2) is 12.0 Å². The van der Waals surface area contributed by atoms with Crippen LogP contribution in [0.2, 0.25) is 5.02 Å². The van der Waals surface area contributed by atoms with Crippen molar-refractivity contribution in [2.24, 2.45) is 0 Å². The minimum absolute atomic E-state index is 0.483. The van der Waals surface area contributed by atoms with Crippen molar-refractivity contribution in [3.05, 3.63) is 44.9 Å². The molecule has 0 fully saturated rings. The second-order valence-corrected chi connectivity index (χ2v) is 5.43. The van der Waals surface area contributed by atoms with Gasteiger partial charge in [-0.25, -0.2) is 4.98 Å². The van der Waals surface area contributed by atoms with Crippen LogP contribution in [0, 0.1) is 18.3 Å². The van der Waals surface area contributed by atoms with E-state index in [2.05, 4.69) is 11.1 Å². The van der Waals surface area contributed by atoms with E-state index in [0.717, 1.165) is 16.4 Å². The Balaban J connectivity index is 2.27. The fourth-order valence-electron chi connectivity index (χ4n) is 1.75. The van der Waals surface area contributed by atoms with Gasteiger partial charge in [0.25, 0.3) is 0 Å². The fraction of sp³-hybridized carbons (Fsp3) is 0.231. The highest BCUT2D eigenvalue weighted by atomic mass is 35.5. The smallest absolute Gasteiger partial charge is 0.103 e. The Labute approximate surface area is 115 Å². The summed E-state index contributed by atoms with van der Waals surface area (Å²) in [6, 6.07) is 7.61. The molecule has 1 heterocycles. The van der Waals surface area contributed by atoms with E-state index in [1.807, 2.05) is 36.4 Å². The predicted octanol–water partition coefficient (Wildman–Crippen LogP) is 3.61. The molecule has 1 aromatic heterocycles. The predicted molar refractivity (Wildman–Crippen MR) is 75.1 cm³/mol. The first-order valence-electron chi connectivity index (χ1n) is 5.42. The van der Waals surface area contributed by atoms with Crippen LogP contribution in [0.3, 0.4) is 0 Å². The van der Waals surface area contributed by atoms with Crippen molar-refractivity contribution in [2.45, 2.75) is 13.5 Å². The number of nitrogens with zero attached hydrogens (tertiary/aromatic N) is 3. The number of hydrogen-bond donors (Lipinski definition) is 0. The maximum absolute atomic E-state index is 9.14. The summed E-state index contributed by atoms with van der Waals surface area (Å²) in [6.45, 7) is 2.65. The third-order valence-electron chi connectivity index (χ3n) is 2.58. The van der Waals surface area contributed by atoms with Crippen LogP contribution in [0.4, 0.5) is 5.69 Å². The van der Waals surface area contributed by atoms with Gasteiger partial charge in [0.15, 0.2) is 0 Å². The summed E-state index contributed by atoms with van der Waals surface area (Å²) in [6.07, 6.45) is 0. The minimum atomic E-state index is 0.483. The van der Waals surface area contributed by atoms with Crippen LogP contribution in [-0.2, 0) is 6.54 Å². The summed E-state index contributed by atoms with van der Waals surface area (Å²) in [5, 5.41) is 12.7. The topological polar surface area (TPSA) is 39.9 Å². The molecule has 0 saturated heterocycles. The highest BCUT2D eigenvalue weighted by Crippen LogP contribution is 2.27. The summed E-state index contributed by atoms with van der Waals surface area (Å²) in [4.78, 5) is 6.40. The quantitative estimate of drug-likeness (QED) is 0.860. The van der Waals surface area contributed by atoms with E-state index in [-0.39, 0.29) is 0 Å². The van der Waals surface area contributed by atoms with Gasteiger partial charge in [-0.15, -0.1) is 11.3 Å². The van der Waals surface area contributed by atoms with Crippen LogP contribution in [0.25, 0.3) is 0 Å². The van der Waals surface area contributed by atoms with Gasteiger partial charge in [0.2, 0.25) is 0 Å². The first kappa shape index (κ1) is 12.9. The van der Waals surface area contributed by atoms with Crippen LogP contribution in [0.1, 0.15) is 16.3 Å². The molecule has 0 radical (unpaired) electrons. The molecule has 0 aliphatic carbocycles. The molecule has 18 heavy (non-hydrogen) atoms. The molecular formula is C13H12ClN3S. The zero-order valence-electron chi connectivity index (χ0n) is 10.1. The van der Waals surface area contributed by atoms with Gasteiger partial charge >= 0.3 is 0 Å². The SMILES string of the molecule is Cc1nc(CN(C)c2cccc(Cl)c2C#N)cs1. The number of hydrogen-bond acceptors (Lipinski definition) is 4. The molecule has 2 rings (SSSR count). The van der Waals surface area contributed by atoms with Crippen LogP contribution < -0.4 is 4.90 Å². The zero-order chi connectivity index (χ0) is 13.1. The molecule has 0 unspecified atom stereocenters. The Morgan fingerprint density at radius 3 is 2.89 bits per heavy atom. The van der Waals surface area contributed by atoms with Crippen molar-refractivity contribution in [1.82, 2.24) is 4.98 Å². The van der Waals surface area contributed by atoms with Gasteiger partial charge in [-0.3, -0.25) is 0 Å². The lowest BCUT2D eigenvalue weighted by Crippen LogP contribution is -2.17. The second-order valence-electron chi connectivity index (χ2n) is 3.96. The summed E-state index contributed by atoms with van der Waals surface area (Å²) in [5.41, 5.74) is 2.34. The van der Waals surface area contributed by atoms with Crippen molar-refractivity contribution in [1.29, 1.82) is 5.26 Å². The fourth-order valence-corrected chi connectivity index (χ4v) is 2.57. The molecule has 92 valence electrons. The molecule has 0 spiro atoms. The Morgan fingerprint density at radius 2 is 2.28 bits per heavy atom. The third-order valence-corrected chi connectivity index (χ3v) is 3.72. The number of rotatable bonds is 3. The van der Waals surface area contributed by atoms with E-state index in [0.29, 0.717) is 17.1 Å². The van der Waals surface area contributed by atoms with Crippen molar-refractivity contribution in [3.63, 3.8) is 0 Å². The Kier molecular flexibility index (Phi) is 3.85. The highest BCUT2D eigenvalue weighted by molar-refractivity contribution is 7.09. The second kappa shape index (κ2) is 5.38. The number of halogens is 1. The monoisotopic (exact) mass is 277 g/mol. The highest BCUT2D eigenvalue weighted by Gasteiger charge is 2.11. The van der Waals surface area contributed by atoms with Gasteiger partial charge in [0.05, 0.1) is 33.5 Å². The summed E-state index contributed by atoms with van der Waals surface area (Å²) in [5.74, 6) is 0. The number of benzene rings is 1. The number of thiazole rings is 1. The molecule has 0 saturated carbocycles. The first-order chi connectivity index (χ1) is 8.61. The molecule has 0 aliphatic heterocycles. The summed E-state index contributed by atoms with van der Waals surface area (Å²) < 4.78 is 0. The molecule has 0 aliphatic rings. The average molecular weight is 278 g/mol. The number of aromatic nitrogens is 1. The summed E-state index contributed by atoms with van der Waals surface area (Å²) >= 11 is 7.64. The molecule has 0 bridgehead atoms. The van der Waals surface area contributed by atoms with Crippen molar-refractivity contribution in [2.75, 3.05) is 11.9 Å². The minimum Gasteiger partial charge on any atom is -0.368 e. The van der Waals surface area contributed by atoms with Gasteiger partial charge in [-0.05, 0) is 19.1 Å². The first-order valence-corrected chi connectivity index (χ1v) is 6.68. The molecule has 0 amide bonds. The Bertz CT molecular complexity index is 601. The van der Waals surface area contributed by atoms with Gasteiger partial charge in [-0.2, -0.15) is 5.26 Å². The lowest BCUT2D eigenvalue weighted by atomic mass is 10.1. The molecule has 0 atom stereocenters. The van der Waals surface area contributed by atoms with E-state index in [1.54, 1.807) is 17.4 Å².